The minimum Gasteiger partial charge on any atom is -0.445 e. The molecule has 0 saturated heterocycles. The van der Waals surface area contributed by atoms with Gasteiger partial charge in [0.1, 0.15) is 12.7 Å². The number of hydrogen-bond acceptors (Lipinski definition) is 6. The lowest BCUT2D eigenvalue weighted by molar-refractivity contribution is 0.0140. The van der Waals surface area contributed by atoms with Crippen LogP contribution >= 0.6 is 0 Å². The van der Waals surface area contributed by atoms with E-state index in [2.05, 4.69) is 10.7 Å². The summed E-state index contributed by atoms with van der Waals surface area (Å²) in [5.41, 5.74) is 4.39. The molecule has 1 amide bonds. The van der Waals surface area contributed by atoms with Gasteiger partial charge in [0.25, 0.3) is 0 Å². The number of ether oxygens (including phenoxy) is 1. The van der Waals surface area contributed by atoms with Crippen molar-refractivity contribution in [1.29, 1.82) is 0 Å². The second-order valence-electron chi connectivity index (χ2n) is 5.52. The van der Waals surface area contributed by atoms with Crippen LogP contribution in [0.5, 0.6) is 0 Å². The first-order valence-electron chi connectivity index (χ1n) is 7.98. The van der Waals surface area contributed by atoms with E-state index in [-0.39, 0.29) is 19.6 Å². The third-order valence-electron chi connectivity index (χ3n) is 3.72. The molecule has 2 aromatic carbocycles. The summed E-state index contributed by atoms with van der Waals surface area (Å²) in [4.78, 5) is 11.6. The molecule has 0 bridgehead atoms. The van der Waals surface area contributed by atoms with Crippen LogP contribution in [0.4, 0.5) is 10.5 Å². The van der Waals surface area contributed by atoms with Crippen LogP contribution in [0.25, 0.3) is 0 Å². The van der Waals surface area contributed by atoms with E-state index in [4.69, 9.17) is 10.6 Å². The number of nitrogen functional groups attached to an aromatic ring is 1. The van der Waals surface area contributed by atoms with Crippen molar-refractivity contribution in [3.8, 4) is 0 Å². The Morgan fingerprint density at radius 2 is 1.76 bits per heavy atom. The van der Waals surface area contributed by atoms with Crippen molar-refractivity contribution in [3.63, 3.8) is 0 Å². The van der Waals surface area contributed by atoms with Gasteiger partial charge in [-0.15, -0.1) is 0 Å². The number of rotatable bonds is 8. The van der Waals surface area contributed by atoms with Crippen LogP contribution in [0.15, 0.2) is 54.6 Å². The molecular formula is C18H23N3O4. The number of anilines is 1. The second kappa shape index (κ2) is 9.63. The highest BCUT2D eigenvalue weighted by molar-refractivity contribution is 5.67. The summed E-state index contributed by atoms with van der Waals surface area (Å²) in [6.45, 7) is 0.345. The molecule has 0 aromatic heterocycles. The van der Waals surface area contributed by atoms with E-state index < -0.39 is 18.3 Å². The Balaban J connectivity index is 1.74. The number of carbonyl (C=O) groups excluding carboxylic acids is 1. The first kappa shape index (κ1) is 18.7. The summed E-state index contributed by atoms with van der Waals surface area (Å²) in [6, 6.07) is 16.2. The molecule has 0 aliphatic rings. The van der Waals surface area contributed by atoms with Crippen molar-refractivity contribution in [2.75, 3.05) is 12.0 Å². The molecule has 7 nitrogen and oxygen atoms in total. The zero-order valence-corrected chi connectivity index (χ0v) is 13.8. The van der Waals surface area contributed by atoms with Crippen LogP contribution in [0.3, 0.4) is 0 Å². The number of para-hydroxylation sites is 1. The van der Waals surface area contributed by atoms with Crippen LogP contribution in [-0.2, 0) is 11.3 Å². The fourth-order valence-corrected chi connectivity index (χ4v) is 2.35. The highest BCUT2D eigenvalue weighted by Gasteiger charge is 2.20. The Morgan fingerprint density at radius 1 is 1.08 bits per heavy atom. The topological polar surface area (TPSA) is 117 Å². The molecule has 25 heavy (non-hydrogen) atoms. The lowest BCUT2D eigenvalue weighted by atomic mass is 10.0. The van der Waals surface area contributed by atoms with Gasteiger partial charge in [-0.1, -0.05) is 48.5 Å². The average molecular weight is 345 g/mol. The van der Waals surface area contributed by atoms with E-state index >= 15 is 0 Å². The first-order valence-corrected chi connectivity index (χ1v) is 7.98. The Morgan fingerprint density at radius 3 is 2.48 bits per heavy atom. The normalized spacial score (nSPS) is 12.9. The minimum absolute atomic E-state index is 0.167. The number of alkyl carbamates (subject to hydrolysis) is 1. The van der Waals surface area contributed by atoms with Crippen molar-refractivity contribution in [1.82, 2.24) is 5.32 Å². The standard InChI is InChI=1S/C18H23N3O4/c19-21-15-9-5-4-8-14(15)17(23)16(22)10-11-20-18(24)25-12-13-6-2-1-3-7-13/h1-9,16-17,21-23H,10-12,19H2,(H,20,24). The quantitative estimate of drug-likeness (QED) is 0.367. The fraction of sp³-hybridized carbons (Fsp3) is 0.278. The molecule has 2 rings (SSSR count). The monoisotopic (exact) mass is 345 g/mol. The number of nitrogens with one attached hydrogen (secondary N) is 2. The number of hydrazine groups is 1. The Kier molecular flexibility index (Phi) is 7.21. The van der Waals surface area contributed by atoms with Gasteiger partial charge in [0.15, 0.2) is 0 Å². The van der Waals surface area contributed by atoms with Gasteiger partial charge in [0.2, 0.25) is 0 Å². The van der Waals surface area contributed by atoms with Crippen molar-refractivity contribution >= 4 is 11.8 Å². The third kappa shape index (κ3) is 5.75. The molecule has 0 saturated carbocycles. The summed E-state index contributed by atoms with van der Waals surface area (Å²) in [6.07, 6.45) is -2.58. The second-order valence-corrected chi connectivity index (χ2v) is 5.52. The van der Waals surface area contributed by atoms with E-state index in [1.54, 1.807) is 24.3 Å². The molecule has 0 fully saturated rings. The van der Waals surface area contributed by atoms with Gasteiger partial charge in [-0.25, -0.2) is 4.79 Å². The SMILES string of the molecule is NNc1ccccc1C(O)C(O)CCNC(=O)OCc1ccccc1. The predicted molar refractivity (Wildman–Crippen MR) is 94.5 cm³/mol. The maximum absolute atomic E-state index is 11.6. The van der Waals surface area contributed by atoms with Gasteiger partial charge in [-0.2, -0.15) is 0 Å². The maximum atomic E-state index is 11.6. The van der Waals surface area contributed by atoms with Crippen molar-refractivity contribution in [2.24, 2.45) is 5.84 Å². The Bertz CT molecular complexity index is 666. The lowest BCUT2D eigenvalue weighted by Gasteiger charge is -2.20. The van der Waals surface area contributed by atoms with Crippen molar-refractivity contribution < 1.29 is 19.7 Å². The highest BCUT2D eigenvalue weighted by Crippen LogP contribution is 2.25. The van der Waals surface area contributed by atoms with Crippen LogP contribution in [0.1, 0.15) is 23.7 Å². The highest BCUT2D eigenvalue weighted by atomic mass is 16.5. The summed E-state index contributed by atoms with van der Waals surface area (Å²) >= 11 is 0. The van der Waals surface area contributed by atoms with Crippen LogP contribution in [-0.4, -0.2) is 29.0 Å². The number of hydrogen-bond donors (Lipinski definition) is 5. The molecule has 2 atom stereocenters. The molecule has 2 aromatic rings. The zero-order valence-electron chi connectivity index (χ0n) is 13.8. The van der Waals surface area contributed by atoms with Gasteiger partial charge in [0, 0.05) is 12.1 Å². The first-order chi connectivity index (χ1) is 12.1. The van der Waals surface area contributed by atoms with Crippen molar-refractivity contribution in [3.05, 3.63) is 65.7 Å². The van der Waals surface area contributed by atoms with E-state index in [1.165, 1.54) is 0 Å². The summed E-state index contributed by atoms with van der Waals surface area (Å²) < 4.78 is 5.07. The van der Waals surface area contributed by atoms with Gasteiger partial charge >= 0.3 is 6.09 Å². The van der Waals surface area contributed by atoms with Gasteiger partial charge in [-0.3, -0.25) is 5.84 Å². The number of nitrogens with two attached hydrogens (primary N) is 1. The molecule has 0 aliphatic carbocycles. The van der Waals surface area contributed by atoms with Crippen LogP contribution < -0.4 is 16.6 Å². The summed E-state index contributed by atoms with van der Waals surface area (Å²) in [7, 11) is 0. The molecule has 0 aliphatic heterocycles. The predicted octanol–water partition coefficient (Wildman–Crippen LogP) is 1.68. The number of benzene rings is 2. The lowest BCUT2D eigenvalue weighted by Crippen LogP contribution is -2.30. The maximum Gasteiger partial charge on any atom is 0.407 e. The molecule has 134 valence electrons. The number of carbonyl (C=O) groups is 1. The largest absolute Gasteiger partial charge is 0.445 e. The molecule has 6 N–H and O–H groups in total. The van der Waals surface area contributed by atoms with E-state index in [0.717, 1.165) is 5.56 Å². The molecule has 0 spiro atoms. The van der Waals surface area contributed by atoms with Gasteiger partial charge < -0.3 is 25.7 Å². The number of aliphatic hydroxyl groups excluding tert-OH is 2. The number of amides is 1. The summed E-state index contributed by atoms with van der Waals surface area (Å²) in [5, 5.41) is 22.9. The molecule has 0 heterocycles. The summed E-state index contributed by atoms with van der Waals surface area (Å²) in [5.74, 6) is 5.39. The van der Waals surface area contributed by atoms with E-state index in [0.29, 0.717) is 11.3 Å². The average Bonchev–Trinajstić information content (AvgIpc) is 2.66. The number of aliphatic hydroxyl groups is 2. The van der Waals surface area contributed by atoms with Crippen LogP contribution in [0, 0.1) is 0 Å². The molecule has 0 radical (unpaired) electrons. The van der Waals surface area contributed by atoms with E-state index in [1.807, 2.05) is 30.3 Å². The minimum atomic E-state index is -1.12. The van der Waals surface area contributed by atoms with Crippen LogP contribution in [0.2, 0.25) is 0 Å². The third-order valence-corrected chi connectivity index (χ3v) is 3.72. The Labute approximate surface area is 146 Å². The molecule has 7 heteroatoms. The van der Waals surface area contributed by atoms with Gasteiger partial charge in [-0.05, 0) is 18.1 Å². The van der Waals surface area contributed by atoms with E-state index in [9.17, 15) is 15.0 Å². The van der Waals surface area contributed by atoms with Gasteiger partial charge in [0.05, 0.1) is 11.8 Å². The van der Waals surface area contributed by atoms with Crippen molar-refractivity contribution in [2.45, 2.75) is 25.2 Å². The molecular weight excluding hydrogens is 322 g/mol. The Hall–Kier alpha value is -2.61. The smallest absolute Gasteiger partial charge is 0.407 e. The molecule has 2 unspecified atom stereocenters. The fourth-order valence-electron chi connectivity index (χ4n) is 2.35. The zero-order chi connectivity index (χ0) is 18.1.